The fraction of sp³-hybridized carbons (Fsp3) is 0.214. The topological polar surface area (TPSA) is 59.0 Å². The van der Waals surface area contributed by atoms with E-state index in [1.807, 2.05) is 37.3 Å². The Balaban J connectivity index is 1.41. The molecule has 1 aliphatic heterocycles. The number of hydrogen-bond donors (Lipinski definition) is 0. The summed E-state index contributed by atoms with van der Waals surface area (Å²) < 4.78 is 0. The molecular formula is C28H26N4O. The van der Waals surface area contributed by atoms with Gasteiger partial charge in [-0.1, -0.05) is 42.5 Å². The fourth-order valence-electron chi connectivity index (χ4n) is 4.50. The highest BCUT2D eigenvalue weighted by Crippen LogP contribution is 2.29. The van der Waals surface area contributed by atoms with Gasteiger partial charge < -0.3 is 4.90 Å². The Morgan fingerprint density at radius 1 is 0.970 bits per heavy atom. The van der Waals surface area contributed by atoms with Crippen LogP contribution < -0.4 is 4.90 Å². The van der Waals surface area contributed by atoms with Gasteiger partial charge in [0.05, 0.1) is 0 Å². The summed E-state index contributed by atoms with van der Waals surface area (Å²) in [4.78, 5) is 29.2. The van der Waals surface area contributed by atoms with Crippen molar-refractivity contribution in [2.45, 2.75) is 25.7 Å². The van der Waals surface area contributed by atoms with Gasteiger partial charge in [0.1, 0.15) is 11.5 Å². The molecule has 0 radical (unpaired) electrons. The second-order valence-corrected chi connectivity index (χ2v) is 8.50. The Hall–Kier alpha value is -3.86. The van der Waals surface area contributed by atoms with Crippen molar-refractivity contribution in [2.75, 3.05) is 18.0 Å². The lowest BCUT2D eigenvalue weighted by Gasteiger charge is -2.34. The van der Waals surface area contributed by atoms with Crippen LogP contribution in [0, 0.1) is 6.92 Å². The van der Waals surface area contributed by atoms with Gasteiger partial charge in [0.15, 0.2) is 0 Å². The highest BCUT2D eigenvalue weighted by Gasteiger charge is 2.23. The second-order valence-electron chi connectivity index (χ2n) is 8.50. The molecule has 1 aromatic carbocycles. The van der Waals surface area contributed by atoms with Gasteiger partial charge in [-0.15, -0.1) is 0 Å². The van der Waals surface area contributed by atoms with E-state index in [1.165, 1.54) is 12.0 Å². The molecule has 5 heteroatoms. The number of ketones is 1. The Labute approximate surface area is 194 Å². The average Bonchev–Trinajstić information content (AvgIpc) is 2.90. The van der Waals surface area contributed by atoms with Crippen LogP contribution in [0.5, 0.6) is 0 Å². The minimum atomic E-state index is -0.107. The van der Waals surface area contributed by atoms with Crippen LogP contribution in [0.15, 0.2) is 85.3 Å². The molecule has 1 unspecified atom stereocenters. The minimum Gasteiger partial charge on any atom is -0.356 e. The van der Waals surface area contributed by atoms with Crippen LogP contribution in [0.2, 0.25) is 0 Å². The van der Waals surface area contributed by atoms with Crippen LogP contribution in [0.4, 0.5) is 5.82 Å². The van der Waals surface area contributed by atoms with Crippen molar-refractivity contribution in [3.63, 3.8) is 0 Å². The van der Waals surface area contributed by atoms with Crippen molar-refractivity contribution >= 4 is 11.6 Å². The van der Waals surface area contributed by atoms with E-state index in [2.05, 4.69) is 45.2 Å². The molecule has 0 bridgehead atoms. The van der Waals surface area contributed by atoms with Crippen LogP contribution in [0.3, 0.4) is 0 Å². The highest BCUT2D eigenvalue weighted by atomic mass is 16.1. The molecule has 4 heterocycles. The molecule has 1 fully saturated rings. The molecule has 1 saturated heterocycles. The van der Waals surface area contributed by atoms with Gasteiger partial charge in [0.25, 0.3) is 0 Å². The maximum Gasteiger partial charge on any atom is 0.213 e. The number of piperidine rings is 1. The predicted molar refractivity (Wildman–Crippen MR) is 131 cm³/mol. The van der Waals surface area contributed by atoms with E-state index in [0.29, 0.717) is 22.9 Å². The van der Waals surface area contributed by atoms with E-state index in [-0.39, 0.29) is 5.78 Å². The highest BCUT2D eigenvalue weighted by molar-refractivity contribution is 6.09. The Kier molecular flexibility index (Phi) is 5.94. The summed E-state index contributed by atoms with van der Waals surface area (Å²) in [6.45, 7) is 3.72. The third-order valence-electron chi connectivity index (χ3n) is 6.31. The van der Waals surface area contributed by atoms with Crippen molar-refractivity contribution in [3.05, 3.63) is 108 Å². The van der Waals surface area contributed by atoms with Crippen molar-refractivity contribution in [3.8, 4) is 11.1 Å². The zero-order valence-electron chi connectivity index (χ0n) is 18.7. The summed E-state index contributed by atoms with van der Waals surface area (Å²) in [5.41, 5.74) is 4.88. The van der Waals surface area contributed by atoms with Gasteiger partial charge in [-0.25, -0.2) is 4.98 Å². The normalized spacial score (nSPS) is 15.9. The zero-order valence-corrected chi connectivity index (χ0v) is 18.7. The van der Waals surface area contributed by atoms with E-state index < -0.39 is 0 Å². The van der Waals surface area contributed by atoms with Crippen molar-refractivity contribution < 1.29 is 4.79 Å². The number of anilines is 1. The first-order valence-corrected chi connectivity index (χ1v) is 11.4. The second kappa shape index (κ2) is 9.33. The van der Waals surface area contributed by atoms with Gasteiger partial charge in [-0.05, 0) is 49.6 Å². The maximum atomic E-state index is 13.4. The van der Waals surface area contributed by atoms with Crippen LogP contribution in [-0.4, -0.2) is 33.8 Å². The zero-order chi connectivity index (χ0) is 22.6. The van der Waals surface area contributed by atoms with Crippen LogP contribution in [-0.2, 0) is 0 Å². The lowest BCUT2D eigenvalue weighted by atomic mass is 9.90. The molecule has 0 spiro atoms. The first kappa shape index (κ1) is 21.0. The maximum absolute atomic E-state index is 13.4. The fourth-order valence-corrected chi connectivity index (χ4v) is 4.50. The summed E-state index contributed by atoms with van der Waals surface area (Å²) in [5.74, 6) is 1.23. The van der Waals surface area contributed by atoms with Gasteiger partial charge >= 0.3 is 0 Å². The lowest BCUT2D eigenvalue weighted by Crippen LogP contribution is -2.35. The Morgan fingerprint density at radius 3 is 2.67 bits per heavy atom. The quantitative estimate of drug-likeness (QED) is 0.390. The van der Waals surface area contributed by atoms with Crippen molar-refractivity contribution in [1.29, 1.82) is 0 Å². The number of nitrogens with zero attached hydrogens (tertiary/aromatic N) is 4. The van der Waals surface area contributed by atoms with E-state index in [0.717, 1.165) is 36.5 Å². The predicted octanol–water partition coefficient (Wildman–Crippen LogP) is 5.46. The molecular weight excluding hydrogens is 408 g/mol. The molecule has 0 aliphatic carbocycles. The van der Waals surface area contributed by atoms with E-state index in [1.54, 1.807) is 24.7 Å². The van der Waals surface area contributed by atoms with Crippen LogP contribution in [0.1, 0.15) is 46.1 Å². The number of benzene rings is 1. The molecule has 33 heavy (non-hydrogen) atoms. The molecule has 4 aromatic rings. The monoisotopic (exact) mass is 434 g/mol. The van der Waals surface area contributed by atoms with Crippen LogP contribution >= 0.6 is 0 Å². The molecule has 0 amide bonds. The molecule has 1 atom stereocenters. The summed E-state index contributed by atoms with van der Waals surface area (Å²) in [5, 5.41) is 0. The first-order valence-electron chi connectivity index (χ1n) is 11.4. The Morgan fingerprint density at radius 2 is 1.85 bits per heavy atom. The summed E-state index contributed by atoms with van der Waals surface area (Å²) in [6, 6.07) is 22.1. The van der Waals surface area contributed by atoms with Crippen LogP contribution in [0.25, 0.3) is 11.1 Å². The van der Waals surface area contributed by atoms with Gasteiger partial charge in [0, 0.05) is 60.0 Å². The molecule has 0 saturated carbocycles. The SMILES string of the molecule is Cc1ncc(-c2cccnc2)cc1C(=O)c1cccc(N2CCCC(c3ccccc3)C2)n1. The van der Waals surface area contributed by atoms with Crippen molar-refractivity contribution in [2.24, 2.45) is 0 Å². The first-order chi connectivity index (χ1) is 16.2. The number of pyridine rings is 3. The molecule has 1 aliphatic rings. The van der Waals surface area contributed by atoms with E-state index >= 15 is 0 Å². The minimum absolute atomic E-state index is 0.107. The summed E-state index contributed by atoms with van der Waals surface area (Å²) in [6.07, 6.45) is 7.57. The standard InChI is InChI=1S/C28H26N4O/c1-20-25(16-24(18-30-20)22-10-6-14-29-17-22)28(33)26-12-5-13-27(31-26)32-15-7-11-23(19-32)21-8-3-2-4-9-21/h2-6,8-10,12-14,16-18,23H,7,11,15,19H2,1H3. The largest absolute Gasteiger partial charge is 0.356 e. The average molecular weight is 435 g/mol. The third-order valence-corrected chi connectivity index (χ3v) is 6.31. The smallest absolute Gasteiger partial charge is 0.213 e. The number of aryl methyl sites for hydroxylation is 1. The molecule has 5 nitrogen and oxygen atoms in total. The van der Waals surface area contributed by atoms with Gasteiger partial charge in [-0.2, -0.15) is 0 Å². The number of aromatic nitrogens is 3. The molecule has 5 rings (SSSR count). The Bertz CT molecular complexity index is 1260. The molecule has 3 aromatic heterocycles. The number of carbonyl (C=O) groups excluding carboxylic acids is 1. The molecule has 164 valence electrons. The summed E-state index contributed by atoms with van der Waals surface area (Å²) in [7, 11) is 0. The van der Waals surface area contributed by atoms with E-state index in [9.17, 15) is 4.79 Å². The number of rotatable bonds is 5. The van der Waals surface area contributed by atoms with Crippen molar-refractivity contribution in [1.82, 2.24) is 15.0 Å². The van der Waals surface area contributed by atoms with E-state index in [4.69, 9.17) is 4.98 Å². The number of hydrogen-bond acceptors (Lipinski definition) is 5. The third kappa shape index (κ3) is 4.53. The van der Waals surface area contributed by atoms with Gasteiger partial charge in [0.2, 0.25) is 5.78 Å². The number of carbonyl (C=O) groups is 1. The van der Waals surface area contributed by atoms with Gasteiger partial charge in [-0.3, -0.25) is 14.8 Å². The molecule has 0 N–H and O–H groups in total. The summed E-state index contributed by atoms with van der Waals surface area (Å²) >= 11 is 0. The lowest BCUT2D eigenvalue weighted by molar-refractivity contribution is 0.103.